The Kier molecular flexibility index (Phi) is 4.31. The maximum atomic E-state index is 12.6. The standard InChI is InChI=1S/C16H25N3O/c1-16(2,3)12-7-10-19(11-8-12)15(20)13-6-5-9-18-14(13)17-4/h5-6,9,12H,7-8,10-11H2,1-4H3,(H,17,18). The minimum atomic E-state index is 0.0924. The summed E-state index contributed by atoms with van der Waals surface area (Å²) >= 11 is 0. The van der Waals surface area contributed by atoms with Crippen molar-refractivity contribution in [2.24, 2.45) is 11.3 Å². The van der Waals surface area contributed by atoms with Crippen LogP contribution >= 0.6 is 0 Å². The van der Waals surface area contributed by atoms with E-state index in [2.05, 4.69) is 31.1 Å². The van der Waals surface area contributed by atoms with Crippen molar-refractivity contribution in [3.05, 3.63) is 23.9 Å². The number of carbonyl (C=O) groups excluding carboxylic acids is 1. The summed E-state index contributed by atoms with van der Waals surface area (Å²) in [7, 11) is 1.80. The Morgan fingerprint density at radius 3 is 2.55 bits per heavy atom. The van der Waals surface area contributed by atoms with Gasteiger partial charge in [0.2, 0.25) is 0 Å². The minimum Gasteiger partial charge on any atom is -0.372 e. The monoisotopic (exact) mass is 275 g/mol. The van der Waals surface area contributed by atoms with Gasteiger partial charge in [-0.1, -0.05) is 20.8 Å². The summed E-state index contributed by atoms with van der Waals surface area (Å²) in [6, 6.07) is 3.66. The average Bonchev–Trinajstić information content (AvgIpc) is 2.45. The summed E-state index contributed by atoms with van der Waals surface area (Å²) in [5, 5.41) is 2.99. The van der Waals surface area contributed by atoms with Gasteiger partial charge in [-0.25, -0.2) is 4.98 Å². The average molecular weight is 275 g/mol. The van der Waals surface area contributed by atoms with E-state index >= 15 is 0 Å². The quantitative estimate of drug-likeness (QED) is 0.902. The molecule has 0 bridgehead atoms. The molecule has 1 aromatic heterocycles. The molecular weight excluding hydrogens is 250 g/mol. The van der Waals surface area contributed by atoms with E-state index in [9.17, 15) is 4.79 Å². The molecule has 1 saturated heterocycles. The van der Waals surface area contributed by atoms with E-state index < -0.39 is 0 Å². The van der Waals surface area contributed by atoms with Gasteiger partial charge in [0.25, 0.3) is 5.91 Å². The zero-order valence-corrected chi connectivity index (χ0v) is 12.9. The molecule has 0 saturated carbocycles. The van der Waals surface area contributed by atoms with Gasteiger partial charge in [-0.2, -0.15) is 0 Å². The minimum absolute atomic E-state index is 0.0924. The Morgan fingerprint density at radius 2 is 2.00 bits per heavy atom. The van der Waals surface area contributed by atoms with Gasteiger partial charge in [-0.05, 0) is 36.3 Å². The zero-order chi connectivity index (χ0) is 14.8. The molecule has 1 aliphatic rings. The number of likely N-dealkylation sites (tertiary alicyclic amines) is 1. The van der Waals surface area contributed by atoms with Crippen molar-refractivity contribution in [2.75, 3.05) is 25.5 Å². The van der Waals surface area contributed by atoms with Gasteiger partial charge in [-0.3, -0.25) is 4.79 Å². The van der Waals surface area contributed by atoms with Crippen LogP contribution in [0.3, 0.4) is 0 Å². The van der Waals surface area contributed by atoms with Crippen LogP contribution in [0.1, 0.15) is 44.0 Å². The van der Waals surface area contributed by atoms with Crippen molar-refractivity contribution in [2.45, 2.75) is 33.6 Å². The van der Waals surface area contributed by atoms with E-state index in [1.165, 1.54) is 0 Å². The predicted molar refractivity (Wildman–Crippen MR) is 81.9 cm³/mol. The van der Waals surface area contributed by atoms with E-state index in [1.807, 2.05) is 17.0 Å². The van der Waals surface area contributed by atoms with E-state index in [4.69, 9.17) is 0 Å². The van der Waals surface area contributed by atoms with Gasteiger partial charge >= 0.3 is 0 Å². The molecule has 0 spiro atoms. The molecule has 110 valence electrons. The first-order valence-corrected chi connectivity index (χ1v) is 7.35. The molecule has 4 heteroatoms. The van der Waals surface area contributed by atoms with Crippen LogP contribution in [0, 0.1) is 11.3 Å². The van der Waals surface area contributed by atoms with Gasteiger partial charge < -0.3 is 10.2 Å². The number of rotatable bonds is 2. The van der Waals surface area contributed by atoms with Crippen LogP contribution in [0.25, 0.3) is 0 Å². The molecule has 1 amide bonds. The molecular formula is C16H25N3O. The number of nitrogens with zero attached hydrogens (tertiary/aromatic N) is 2. The molecule has 4 nitrogen and oxygen atoms in total. The lowest BCUT2D eigenvalue weighted by molar-refractivity contribution is 0.0609. The normalized spacial score (nSPS) is 17.1. The van der Waals surface area contributed by atoms with E-state index in [0.29, 0.717) is 22.7 Å². The number of aromatic nitrogens is 1. The lowest BCUT2D eigenvalue weighted by atomic mass is 9.75. The summed E-state index contributed by atoms with van der Waals surface area (Å²) in [6.45, 7) is 8.55. The van der Waals surface area contributed by atoms with E-state index in [1.54, 1.807) is 13.2 Å². The first-order chi connectivity index (χ1) is 9.43. The maximum Gasteiger partial charge on any atom is 0.257 e. The lowest BCUT2D eigenvalue weighted by Crippen LogP contribution is -2.41. The van der Waals surface area contributed by atoms with Crippen LogP contribution in [0.15, 0.2) is 18.3 Å². The molecule has 0 aliphatic carbocycles. The van der Waals surface area contributed by atoms with Gasteiger partial charge in [0.1, 0.15) is 5.82 Å². The second-order valence-electron chi connectivity index (χ2n) is 6.58. The highest BCUT2D eigenvalue weighted by Gasteiger charge is 2.31. The van der Waals surface area contributed by atoms with Crippen molar-refractivity contribution in [3.63, 3.8) is 0 Å². The van der Waals surface area contributed by atoms with Crippen LogP contribution < -0.4 is 5.32 Å². The van der Waals surface area contributed by atoms with Crippen LogP contribution in [0.4, 0.5) is 5.82 Å². The van der Waals surface area contributed by atoms with Crippen molar-refractivity contribution < 1.29 is 4.79 Å². The first-order valence-electron chi connectivity index (χ1n) is 7.35. The van der Waals surface area contributed by atoms with Gasteiger partial charge in [0, 0.05) is 26.3 Å². The molecule has 1 aliphatic heterocycles. The molecule has 0 unspecified atom stereocenters. The Bertz CT molecular complexity index is 471. The third-order valence-electron chi connectivity index (χ3n) is 4.28. The Morgan fingerprint density at radius 1 is 1.35 bits per heavy atom. The Balaban J connectivity index is 2.05. The highest BCUT2D eigenvalue weighted by atomic mass is 16.2. The number of carbonyl (C=O) groups is 1. The fourth-order valence-corrected chi connectivity index (χ4v) is 2.90. The lowest BCUT2D eigenvalue weighted by Gasteiger charge is -2.38. The first kappa shape index (κ1) is 14.8. The smallest absolute Gasteiger partial charge is 0.257 e. The van der Waals surface area contributed by atoms with Crippen LogP contribution in [-0.2, 0) is 0 Å². The van der Waals surface area contributed by atoms with E-state index in [-0.39, 0.29) is 5.91 Å². The molecule has 1 N–H and O–H groups in total. The van der Waals surface area contributed by atoms with Gasteiger partial charge in [0.15, 0.2) is 0 Å². The number of hydrogen-bond donors (Lipinski definition) is 1. The molecule has 2 rings (SSSR count). The highest BCUT2D eigenvalue weighted by Crippen LogP contribution is 2.34. The summed E-state index contributed by atoms with van der Waals surface area (Å²) in [5.41, 5.74) is 1.00. The number of amides is 1. The fourth-order valence-electron chi connectivity index (χ4n) is 2.90. The number of pyridine rings is 1. The zero-order valence-electron chi connectivity index (χ0n) is 12.9. The molecule has 1 fully saturated rings. The molecule has 1 aromatic rings. The molecule has 0 aromatic carbocycles. The van der Waals surface area contributed by atoms with Gasteiger partial charge in [-0.15, -0.1) is 0 Å². The SMILES string of the molecule is CNc1ncccc1C(=O)N1CCC(C(C)(C)C)CC1. The number of hydrogen-bond acceptors (Lipinski definition) is 3. The van der Waals surface area contributed by atoms with Crippen molar-refractivity contribution in [1.82, 2.24) is 9.88 Å². The second-order valence-corrected chi connectivity index (χ2v) is 6.58. The topological polar surface area (TPSA) is 45.2 Å². The Labute approximate surface area is 121 Å². The summed E-state index contributed by atoms with van der Waals surface area (Å²) in [6.07, 6.45) is 3.88. The Hall–Kier alpha value is -1.58. The summed E-state index contributed by atoms with van der Waals surface area (Å²) < 4.78 is 0. The van der Waals surface area contributed by atoms with Gasteiger partial charge in [0.05, 0.1) is 5.56 Å². The largest absolute Gasteiger partial charge is 0.372 e. The molecule has 2 heterocycles. The predicted octanol–water partition coefficient (Wildman–Crippen LogP) is 3.02. The molecule has 0 atom stereocenters. The third-order valence-corrected chi connectivity index (χ3v) is 4.28. The van der Waals surface area contributed by atoms with Crippen molar-refractivity contribution in [1.29, 1.82) is 0 Å². The third kappa shape index (κ3) is 3.11. The van der Waals surface area contributed by atoms with Crippen LogP contribution in [0.5, 0.6) is 0 Å². The molecule has 0 radical (unpaired) electrons. The van der Waals surface area contributed by atoms with Crippen LogP contribution in [-0.4, -0.2) is 35.9 Å². The molecule has 20 heavy (non-hydrogen) atoms. The summed E-state index contributed by atoms with van der Waals surface area (Å²) in [5.74, 6) is 1.45. The highest BCUT2D eigenvalue weighted by molar-refractivity contribution is 5.98. The number of nitrogens with one attached hydrogen (secondary N) is 1. The fraction of sp³-hybridized carbons (Fsp3) is 0.625. The maximum absolute atomic E-state index is 12.6. The number of anilines is 1. The summed E-state index contributed by atoms with van der Waals surface area (Å²) in [4.78, 5) is 18.7. The van der Waals surface area contributed by atoms with Crippen molar-refractivity contribution >= 4 is 11.7 Å². The number of piperidine rings is 1. The van der Waals surface area contributed by atoms with E-state index in [0.717, 1.165) is 25.9 Å². The second kappa shape index (κ2) is 5.81. The van der Waals surface area contributed by atoms with Crippen LogP contribution in [0.2, 0.25) is 0 Å². The van der Waals surface area contributed by atoms with Crippen molar-refractivity contribution in [3.8, 4) is 0 Å².